The maximum absolute atomic E-state index is 11.9. The van der Waals surface area contributed by atoms with Gasteiger partial charge in [0.1, 0.15) is 5.78 Å². The lowest BCUT2D eigenvalue weighted by atomic mass is 10.0. The number of ether oxygens (including phenoxy) is 1. The Labute approximate surface area is 106 Å². The van der Waals surface area contributed by atoms with Crippen molar-refractivity contribution in [2.24, 2.45) is 0 Å². The summed E-state index contributed by atoms with van der Waals surface area (Å²) in [7, 11) is 0. The van der Waals surface area contributed by atoms with Crippen LogP contribution >= 0.6 is 11.6 Å². The molecule has 1 N–H and O–H groups in total. The number of carbonyl (C=O) groups is 1. The molecular weight excluding hydrogens is 238 g/mol. The smallest absolute Gasteiger partial charge is 0.138 e. The van der Waals surface area contributed by atoms with Gasteiger partial charge in [0, 0.05) is 30.5 Å². The number of halogens is 1. The topological polar surface area (TPSA) is 38.3 Å². The quantitative estimate of drug-likeness (QED) is 0.890. The summed E-state index contributed by atoms with van der Waals surface area (Å²) in [6, 6.07) is 7.60. The molecule has 1 atom stereocenters. The Balaban J connectivity index is 1.84. The molecule has 1 aliphatic heterocycles. The first-order valence-electron chi connectivity index (χ1n) is 5.81. The van der Waals surface area contributed by atoms with E-state index in [1.54, 1.807) is 0 Å². The third-order valence-corrected chi connectivity index (χ3v) is 3.00. The van der Waals surface area contributed by atoms with Gasteiger partial charge in [-0.05, 0) is 17.7 Å². The molecule has 1 aromatic carbocycles. The summed E-state index contributed by atoms with van der Waals surface area (Å²) in [5.74, 6) is 0.218. The first kappa shape index (κ1) is 12.6. The maximum Gasteiger partial charge on any atom is 0.138 e. The Morgan fingerprint density at radius 3 is 3.12 bits per heavy atom. The summed E-state index contributed by atoms with van der Waals surface area (Å²) in [4.78, 5) is 11.9. The summed E-state index contributed by atoms with van der Waals surface area (Å²) in [5, 5.41) is 3.95. The highest BCUT2D eigenvalue weighted by Gasteiger charge is 2.16. The predicted octanol–water partition coefficient (Wildman–Crippen LogP) is 1.83. The molecule has 2 rings (SSSR count). The molecule has 1 unspecified atom stereocenters. The van der Waals surface area contributed by atoms with Crippen LogP contribution in [0.25, 0.3) is 0 Å². The molecule has 92 valence electrons. The normalized spacial score (nSPS) is 20.2. The SMILES string of the molecule is O=C(Cc1cccc(Cl)c1)CC1COCCN1. The lowest BCUT2D eigenvalue weighted by Gasteiger charge is -2.23. The average molecular weight is 254 g/mol. The van der Waals surface area contributed by atoms with Crippen LogP contribution in [0, 0.1) is 0 Å². The lowest BCUT2D eigenvalue weighted by Crippen LogP contribution is -2.42. The average Bonchev–Trinajstić information content (AvgIpc) is 2.30. The number of nitrogens with one attached hydrogen (secondary N) is 1. The first-order chi connectivity index (χ1) is 8.24. The Kier molecular flexibility index (Phi) is 4.54. The minimum atomic E-state index is 0.162. The van der Waals surface area contributed by atoms with Crippen LogP contribution in [0.5, 0.6) is 0 Å². The molecule has 0 saturated carbocycles. The van der Waals surface area contributed by atoms with E-state index in [2.05, 4.69) is 5.32 Å². The Bertz CT molecular complexity index is 389. The van der Waals surface area contributed by atoms with Crippen LogP contribution in [0.15, 0.2) is 24.3 Å². The van der Waals surface area contributed by atoms with Crippen molar-refractivity contribution in [1.82, 2.24) is 5.32 Å². The van der Waals surface area contributed by atoms with E-state index in [1.807, 2.05) is 24.3 Å². The molecule has 0 radical (unpaired) electrons. The number of morpholine rings is 1. The number of carbonyl (C=O) groups excluding carboxylic acids is 1. The van der Waals surface area contributed by atoms with Crippen molar-refractivity contribution in [3.05, 3.63) is 34.9 Å². The van der Waals surface area contributed by atoms with Crippen LogP contribution in [0.3, 0.4) is 0 Å². The lowest BCUT2D eigenvalue weighted by molar-refractivity contribution is -0.119. The van der Waals surface area contributed by atoms with Crippen molar-refractivity contribution in [2.75, 3.05) is 19.8 Å². The molecule has 1 aromatic rings. The number of hydrogen-bond acceptors (Lipinski definition) is 3. The summed E-state index contributed by atoms with van der Waals surface area (Å²) >= 11 is 5.88. The number of hydrogen-bond donors (Lipinski definition) is 1. The molecule has 1 aliphatic rings. The van der Waals surface area contributed by atoms with E-state index in [1.165, 1.54) is 0 Å². The van der Waals surface area contributed by atoms with E-state index >= 15 is 0 Å². The van der Waals surface area contributed by atoms with Crippen molar-refractivity contribution < 1.29 is 9.53 Å². The minimum absolute atomic E-state index is 0.162. The minimum Gasteiger partial charge on any atom is -0.379 e. The van der Waals surface area contributed by atoms with Crippen molar-refractivity contribution in [2.45, 2.75) is 18.9 Å². The fourth-order valence-electron chi connectivity index (χ4n) is 1.97. The molecule has 0 aromatic heterocycles. The number of rotatable bonds is 4. The summed E-state index contributed by atoms with van der Waals surface area (Å²) in [6.07, 6.45) is 0.964. The Morgan fingerprint density at radius 2 is 2.41 bits per heavy atom. The van der Waals surface area contributed by atoms with Gasteiger partial charge in [-0.3, -0.25) is 4.79 Å². The second-order valence-corrected chi connectivity index (χ2v) is 4.71. The van der Waals surface area contributed by atoms with Crippen molar-refractivity contribution in [3.8, 4) is 0 Å². The highest BCUT2D eigenvalue weighted by molar-refractivity contribution is 6.30. The van der Waals surface area contributed by atoms with Crippen LogP contribution in [0.1, 0.15) is 12.0 Å². The van der Waals surface area contributed by atoms with E-state index in [0.29, 0.717) is 24.5 Å². The van der Waals surface area contributed by atoms with E-state index in [-0.39, 0.29) is 11.8 Å². The summed E-state index contributed by atoms with van der Waals surface area (Å²) in [5.41, 5.74) is 0.972. The van der Waals surface area contributed by atoms with Crippen molar-refractivity contribution >= 4 is 17.4 Å². The molecule has 0 spiro atoms. The molecule has 0 amide bonds. The highest BCUT2D eigenvalue weighted by atomic mass is 35.5. The van der Waals surface area contributed by atoms with Gasteiger partial charge in [-0.25, -0.2) is 0 Å². The van der Waals surface area contributed by atoms with E-state index in [9.17, 15) is 4.79 Å². The van der Waals surface area contributed by atoms with Gasteiger partial charge in [-0.15, -0.1) is 0 Å². The van der Waals surface area contributed by atoms with Crippen LogP contribution in [-0.4, -0.2) is 31.6 Å². The molecular formula is C13H16ClNO2. The molecule has 3 nitrogen and oxygen atoms in total. The number of Topliss-reactive ketones (excluding diaryl/α,β-unsaturated/α-hetero) is 1. The molecule has 17 heavy (non-hydrogen) atoms. The van der Waals surface area contributed by atoms with Crippen molar-refractivity contribution in [1.29, 1.82) is 0 Å². The third-order valence-electron chi connectivity index (χ3n) is 2.76. The monoisotopic (exact) mass is 253 g/mol. The van der Waals surface area contributed by atoms with Gasteiger partial charge >= 0.3 is 0 Å². The predicted molar refractivity (Wildman–Crippen MR) is 67.4 cm³/mol. The summed E-state index contributed by atoms with van der Waals surface area (Å²) < 4.78 is 5.32. The Hall–Kier alpha value is -0.900. The van der Waals surface area contributed by atoms with Gasteiger partial charge in [0.05, 0.1) is 13.2 Å². The number of benzene rings is 1. The van der Waals surface area contributed by atoms with Crippen molar-refractivity contribution in [3.63, 3.8) is 0 Å². The van der Waals surface area contributed by atoms with Gasteiger partial charge in [0.15, 0.2) is 0 Å². The molecule has 4 heteroatoms. The Morgan fingerprint density at radius 1 is 1.53 bits per heavy atom. The standard InChI is InChI=1S/C13H16ClNO2/c14-11-3-1-2-10(6-11)7-13(16)8-12-9-17-5-4-15-12/h1-3,6,12,15H,4-5,7-9H2. The third kappa shape index (κ3) is 4.11. The van der Waals surface area contributed by atoms with Gasteiger partial charge in [0.25, 0.3) is 0 Å². The van der Waals surface area contributed by atoms with E-state index < -0.39 is 0 Å². The molecule has 1 heterocycles. The zero-order chi connectivity index (χ0) is 12.1. The fraction of sp³-hybridized carbons (Fsp3) is 0.462. The molecule has 0 aliphatic carbocycles. The number of ketones is 1. The molecule has 0 bridgehead atoms. The van der Waals surface area contributed by atoms with Gasteiger partial charge in [0.2, 0.25) is 0 Å². The van der Waals surface area contributed by atoms with Crippen LogP contribution in [0.2, 0.25) is 5.02 Å². The summed E-state index contributed by atoms with van der Waals surface area (Å²) in [6.45, 7) is 2.19. The van der Waals surface area contributed by atoms with Crippen LogP contribution in [0.4, 0.5) is 0 Å². The van der Waals surface area contributed by atoms with Gasteiger partial charge < -0.3 is 10.1 Å². The zero-order valence-electron chi connectivity index (χ0n) is 9.62. The largest absolute Gasteiger partial charge is 0.379 e. The van der Waals surface area contributed by atoms with E-state index in [4.69, 9.17) is 16.3 Å². The van der Waals surface area contributed by atoms with Gasteiger partial charge in [-0.1, -0.05) is 23.7 Å². The fourth-order valence-corrected chi connectivity index (χ4v) is 2.19. The second-order valence-electron chi connectivity index (χ2n) is 4.28. The molecule has 1 saturated heterocycles. The zero-order valence-corrected chi connectivity index (χ0v) is 10.4. The maximum atomic E-state index is 11.9. The van der Waals surface area contributed by atoms with Gasteiger partial charge in [-0.2, -0.15) is 0 Å². The van der Waals surface area contributed by atoms with Crippen LogP contribution in [-0.2, 0) is 16.0 Å². The van der Waals surface area contributed by atoms with Crippen LogP contribution < -0.4 is 5.32 Å². The molecule has 1 fully saturated rings. The van der Waals surface area contributed by atoms with E-state index in [0.717, 1.165) is 18.7 Å². The first-order valence-corrected chi connectivity index (χ1v) is 6.19. The highest BCUT2D eigenvalue weighted by Crippen LogP contribution is 2.12. The second kappa shape index (κ2) is 6.15.